The third-order valence-electron chi connectivity index (χ3n) is 5.29. The molecule has 1 saturated heterocycles. The van der Waals surface area contributed by atoms with Crippen molar-refractivity contribution in [3.63, 3.8) is 0 Å². The van der Waals surface area contributed by atoms with Crippen molar-refractivity contribution in [2.24, 2.45) is 0 Å². The Balaban J connectivity index is 1.61. The van der Waals surface area contributed by atoms with E-state index in [-0.39, 0.29) is 11.9 Å². The number of rotatable bonds is 5. The molecule has 1 atom stereocenters. The van der Waals surface area contributed by atoms with Crippen LogP contribution < -0.4 is 19.9 Å². The molecule has 1 aliphatic heterocycles. The third kappa shape index (κ3) is 4.54. The lowest BCUT2D eigenvalue weighted by molar-refractivity contribution is -0.914. The molecule has 1 fully saturated rings. The van der Waals surface area contributed by atoms with Gasteiger partial charge in [-0.25, -0.2) is 0 Å². The van der Waals surface area contributed by atoms with Gasteiger partial charge in [-0.3, -0.25) is 4.79 Å². The van der Waals surface area contributed by atoms with E-state index in [0.717, 1.165) is 26.2 Å². The summed E-state index contributed by atoms with van der Waals surface area (Å²) in [5, 5.41) is 3.54. The standard InChI is InChI=1S/C21H26ClN3O2/c1-15-6-4-5-7-19(15)25-12-10-24(11-13-25)16(2)21(26)23-18-14-17(22)8-9-20(18)27-3/h4-9,14,16H,10-13H2,1-3H3,(H,23,26)/p+1/t16-/m0/s1. The second kappa shape index (κ2) is 8.63. The number of anilines is 2. The molecule has 3 rings (SSSR count). The lowest BCUT2D eigenvalue weighted by Gasteiger charge is -2.36. The number of quaternary nitrogens is 1. The average Bonchev–Trinajstić information content (AvgIpc) is 2.68. The van der Waals surface area contributed by atoms with Crippen LogP contribution in [0.5, 0.6) is 5.75 Å². The average molecular weight is 389 g/mol. The first-order valence-electron chi connectivity index (χ1n) is 9.29. The number of hydrogen-bond donors (Lipinski definition) is 2. The first kappa shape index (κ1) is 19.5. The van der Waals surface area contributed by atoms with Crippen LogP contribution in [0.2, 0.25) is 5.02 Å². The summed E-state index contributed by atoms with van der Waals surface area (Å²) in [7, 11) is 1.58. The van der Waals surface area contributed by atoms with E-state index in [4.69, 9.17) is 16.3 Å². The van der Waals surface area contributed by atoms with Gasteiger partial charge in [-0.15, -0.1) is 0 Å². The minimum absolute atomic E-state index is 0.0186. The highest BCUT2D eigenvalue weighted by atomic mass is 35.5. The van der Waals surface area contributed by atoms with Crippen LogP contribution in [-0.4, -0.2) is 45.2 Å². The van der Waals surface area contributed by atoms with Crippen molar-refractivity contribution in [1.82, 2.24) is 0 Å². The molecule has 6 heteroatoms. The molecule has 0 aromatic heterocycles. The van der Waals surface area contributed by atoms with Gasteiger partial charge >= 0.3 is 0 Å². The molecule has 5 nitrogen and oxygen atoms in total. The van der Waals surface area contributed by atoms with Crippen LogP contribution in [0, 0.1) is 6.92 Å². The zero-order valence-corrected chi connectivity index (χ0v) is 16.8. The molecule has 0 unspecified atom stereocenters. The Morgan fingerprint density at radius 2 is 1.93 bits per heavy atom. The van der Waals surface area contributed by atoms with Crippen molar-refractivity contribution >= 4 is 28.9 Å². The molecule has 1 heterocycles. The maximum Gasteiger partial charge on any atom is 0.282 e. The monoisotopic (exact) mass is 388 g/mol. The maximum absolute atomic E-state index is 12.8. The normalized spacial score (nSPS) is 16.1. The van der Waals surface area contributed by atoms with Crippen LogP contribution in [-0.2, 0) is 4.79 Å². The van der Waals surface area contributed by atoms with Gasteiger partial charge in [0.05, 0.1) is 39.0 Å². The van der Waals surface area contributed by atoms with Crippen molar-refractivity contribution in [2.45, 2.75) is 19.9 Å². The lowest BCUT2D eigenvalue weighted by atomic mass is 10.1. The summed E-state index contributed by atoms with van der Waals surface area (Å²) in [6.07, 6.45) is 0. The number of nitrogens with one attached hydrogen (secondary N) is 2. The zero-order chi connectivity index (χ0) is 19.4. The van der Waals surface area contributed by atoms with E-state index in [1.165, 1.54) is 16.2 Å². The second-order valence-electron chi connectivity index (χ2n) is 6.99. The van der Waals surface area contributed by atoms with E-state index in [1.54, 1.807) is 25.3 Å². The van der Waals surface area contributed by atoms with E-state index in [2.05, 4.69) is 41.4 Å². The van der Waals surface area contributed by atoms with Crippen LogP contribution in [0.4, 0.5) is 11.4 Å². The van der Waals surface area contributed by atoms with Crippen LogP contribution in [0.25, 0.3) is 0 Å². The molecule has 2 N–H and O–H groups in total. The van der Waals surface area contributed by atoms with Gasteiger partial charge in [-0.2, -0.15) is 0 Å². The highest BCUT2D eigenvalue weighted by molar-refractivity contribution is 6.31. The van der Waals surface area contributed by atoms with Gasteiger partial charge in [0.15, 0.2) is 6.04 Å². The SMILES string of the molecule is COc1ccc(Cl)cc1NC(=O)[C@H](C)[NH+]1CCN(c2ccccc2C)CC1. The number of halogens is 1. The maximum atomic E-state index is 12.8. The number of amides is 1. The van der Waals surface area contributed by atoms with Gasteiger partial charge in [-0.05, 0) is 43.7 Å². The molecule has 0 saturated carbocycles. The molecule has 0 radical (unpaired) electrons. The van der Waals surface area contributed by atoms with Gasteiger partial charge in [0.25, 0.3) is 5.91 Å². The number of methoxy groups -OCH3 is 1. The number of nitrogens with zero attached hydrogens (tertiary/aromatic N) is 1. The Morgan fingerprint density at radius 1 is 1.22 bits per heavy atom. The Morgan fingerprint density at radius 3 is 2.59 bits per heavy atom. The van der Waals surface area contributed by atoms with Crippen LogP contribution >= 0.6 is 11.6 Å². The fourth-order valence-electron chi connectivity index (χ4n) is 3.59. The number of hydrogen-bond acceptors (Lipinski definition) is 3. The Labute approximate surface area is 165 Å². The van der Waals surface area contributed by atoms with E-state index < -0.39 is 0 Å². The number of benzene rings is 2. The summed E-state index contributed by atoms with van der Waals surface area (Å²) < 4.78 is 5.31. The first-order chi connectivity index (χ1) is 13.0. The van der Waals surface area contributed by atoms with Crippen LogP contribution in [0.1, 0.15) is 12.5 Å². The number of carbonyl (C=O) groups excluding carboxylic acids is 1. The molecule has 1 amide bonds. The van der Waals surface area contributed by atoms with Crippen molar-refractivity contribution in [1.29, 1.82) is 0 Å². The fourth-order valence-corrected chi connectivity index (χ4v) is 3.76. The molecule has 27 heavy (non-hydrogen) atoms. The Bertz CT molecular complexity index is 804. The smallest absolute Gasteiger partial charge is 0.282 e. The quantitative estimate of drug-likeness (QED) is 0.826. The largest absolute Gasteiger partial charge is 0.495 e. The predicted octanol–water partition coefficient (Wildman–Crippen LogP) is 2.39. The van der Waals surface area contributed by atoms with Crippen molar-refractivity contribution in [3.8, 4) is 5.75 Å². The molecule has 2 aromatic rings. The summed E-state index contributed by atoms with van der Waals surface area (Å²) in [5.41, 5.74) is 3.19. The summed E-state index contributed by atoms with van der Waals surface area (Å²) >= 11 is 6.05. The lowest BCUT2D eigenvalue weighted by Crippen LogP contribution is -3.19. The van der Waals surface area contributed by atoms with Crippen molar-refractivity contribution < 1.29 is 14.4 Å². The molecule has 144 valence electrons. The number of aryl methyl sites for hydroxylation is 1. The summed E-state index contributed by atoms with van der Waals surface area (Å²) in [6, 6.07) is 13.5. The van der Waals surface area contributed by atoms with Crippen LogP contribution in [0.3, 0.4) is 0 Å². The molecule has 2 aromatic carbocycles. The number of piperazine rings is 1. The van der Waals surface area contributed by atoms with E-state index in [1.807, 2.05) is 6.92 Å². The van der Waals surface area contributed by atoms with Gasteiger partial charge in [0, 0.05) is 10.7 Å². The molecule has 1 aliphatic rings. The molecular formula is C21H27ClN3O2+. The number of para-hydroxylation sites is 1. The fraction of sp³-hybridized carbons (Fsp3) is 0.381. The van der Waals surface area contributed by atoms with E-state index in [9.17, 15) is 4.79 Å². The van der Waals surface area contributed by atoms with E-state index >= 15 is 0 Å². The Hall–Kier alpha value is -2.24. The topological polar surface area (TPSA) is 46.0 Å². The van der Waals surface area contributed by atoms with Gasteiger partial charge in [-0.1, -0.05) is 29.8 Å². The first-order valence-corrected chi connectivity index (χ1v) is 9.67. The van der Waals surface area contributed by atoms with Gasteiger partial charge in [0.1, 0.15) is 5.75 Å². The highest BCUT2D eigenvalue weighted by Crippen LogP contribution is 2.27. The summed E-state index contributed by atoms with van der Waals surface area (Å²) in [6.45, 7) is 7.86. The minimum Gasteiger partial charge on any atom is -0.495 e. The van der Waals surface area contributed by atoms with Crippen molar-refractivity contribution in [3.05, 3.63) is 53.1 Å². The third-order valence-corrected chi connectivity index (χ3v) is 5.52. The highest BCUT2D eigenvalue weighted by Gasteiger charge is 2.30. The summed E-state index contributed by atoms with van der Waals surface area (Å²) in [4.78, 5) is 16.4. The molecule has 0 spiro atoms. The zero-order valence-electron chi connectivity index (χ0n) is 16.1. The number of ether oxygens (including phenoxy) is 1. The van der Waals surface area contributed by atoms with Crippen LogP contribution in [0.15, 0.2) is 42.5 Å². The molecular weight excluding hydrogens is 362 g/mol. The summed E-state index contributed by atoms with van der Waals surface area (Å²) in [5.74, 6) is 0.592. The van der Waals surface area contributed by atoms with Gasteiger partial charge in [0.2, 0.25) is 0 Å². The van der Waals surface area contributed by atoms with E-state index in [0.29, 0.717) is 16.5 Å². The molecule has 0 aliphatic carbocycles. The molecule has 0 bridgehead atoms. The van der Waals surface area contributed by atoms with Gasteiger partial charge < -0.3 is 19.9 Å². The van der Waals surface area contributed by atoms with Crippen molar-refractivity contribution in [2.75, 3.05) is 43.5 Å². The predicted molar refractivity (Wildman–Crippen MR) is 110 cm³/mol. The minimum atomic E-state index is -0.146. The number of carbonyl (C=O) groups is 1. The second-order valence-corrected chi connectivity index (χ2v) is 7.42. The Kier molecular flexibility index (Phi) is 6.24.